The van der Waals surface area contributed by atoms with Gasteiger partial charge in [-0.1, -0.05) is 97.1 Å². The number of aliphatic carboxylic acids is 1. The van der Waals surface area contributed by atoms with Gasteiger partial charge in [0.05, 0.1) is 6.42 Å². The average Bonchev–Trinajstić information content (AvgIpc) is 2.87. The van der Waals surface area contributed by atoms with E-state index in [1.165, 1.54) is 6.07 Å². The third-order valence-corrected chi connectivity index (χ3v) is 6.22. The Labute approximate surface area is 200 Å². The van der Waals surface area contributed by atoms with E-state index >= 15 is 0 Å². The van der Waals surface area contributed by atoms with Crippen LogP contribution in [0.5, 0.6) is 0 Å². The first kappa shape index (κ1) is 23.4. The summed E-state index contributed by atoms with van der Waals surface area (Å²) in [7, 11) is 0. The van der Waals surface area contributed by atoms with Gasteiger partial charge in [0.2, 0.25) is 0 Å². The van der Waals surface area contributed by atoms with E-state index < -0.39 is 12.0 Å². The minimum Gasteiger partial charge on any atom is -0.481 e. The molecule has 0 spiro atoms. The first-order chi connectivity index (χ1) is 16.5. The minimum absolute atomic E-state index is 0.0593. The summed E-state index contributed by atoms with van der Waals surface area (Å²) in [5.74, 6) is -1.22. The third kappa shape index (κ3) is 5.59. The van der Waals surface area contributed by atoms with Crippen molar-refractivity contribution in [3.05, 3.63) is 132 Å². The van der Waals surface area contributed by atoms with Gasteiger partial charge in [0.1, 0.15) is 5.82 Å². The molecule has 2 unspecified atom stereocenters. The number of nitrogens with zero attached hydrogens (tertiary/aromatic N) is 1. The molecule has 0 saturated carbocycles. The Morgan fingerprint density at radius 2 is 1.41 bits per heavy atom. The molecule has 0 heterocycles. The van der Waals surface area contributed by atoms with Gasteiger partial charge >= 0.3 is 5.97 Å². The van der Waals surface area contributed by atoms with Crippen molar-refractivity contribution in [2.24, 2.45) is 0 Å². The van der Waals surface area contributed by atoms with E-state index in [4.69, 9.17) is 0 Å². The lowest BCUT2D eigenvalue weighted by Gasteiger charge is -2.37. The normalized spacial score (nSPS) is 12.9. The van der Waals surface area contributed by atoms with Crippen LogP contribution in [0.15, 0.2) is 109 Å². The molecule has 4 aromatic carbocycles. The zero-order chi connectivity index (χ0) is 23.9. The predicted molar refractivity (Wildman–Crippen MR) is 134 cm³/mol. The lowest BCUT2D eigenvalue weighted by Crippen LogP contribution is -2.32. The molecule has 4 rings (SSSR count). The highest BCUT2D eigenvalue weighted by atomic mass is 19.1. The van der Waals surface area contributed by atoms with Crippen molar-refractivity contribution in [1.29, 1.82) is 0 Å². The van der Waals surface area contributed by atoms with Crippen molar-refractivity contribution in [2.75, 3.05) is 0 Å². The first-order valence-electron chi connectivity index (χ1n) is 11.4. The Bertz CT molecular complexity index is 1210. The monoisotopic (exact) mass is 453 g/mol. The second-order valence-corrected chi connectivity index (χ2v) is 8.46. The molecule has 0 bridgehead atoms. The standard InChI is InChI=1S/C30H28FNO2/c1-22(24-13-7-3-8-14-24)32(21-23-11-5-2-6-12-23)29(20-30(33)34)26-17-18-28(31)27(19-26)25-15-9-4-10-16-25/h2-19,22,29H,20-21H2,1H3,(H,33,34). The minimum atomic E-state index is -0.895. The van der Waals surface area contributed by atoms with Gasteiger partial charge in [-0.05, 0) is 41.3 Å². The second kappa shape index (κ2) is 10.9. The Balaban J connectivity index is 1.80. The molecule has 3 nitrogen and oxygen atoms in total. The highest BCUT2D eigenvalue weighted by Crippen LogP contribution is 2.36. The molecule has 1 N–H and O–H groups in total. The van der Waals surface area contributed by atoms with Crippen LogP contribution in [0.3, 0.4) is 0 Å². The molecule has 0 aliphatic heterocycles. The maximum atomic E-state index is 14.8. The van der Waals surface area contributed by atoms with Gasteiger partial charge in [0, 0.05) is 24.2 Å². The predicted octanol–water partition coefficient (Wildman–Crippen LogP) is 7.27. The highest BCUT2D eigenvalue weighted by Gasteiger charge is 2.29. The number of carboxylic acids is 1. The van der Waals surface area contributed by atoms with Crippen LogP contribution in [-0.4, -0.2) is 16.0 Å². The largest absolute Gasteiger partial charge is 0.481 e. The topological polar surface area (TPSA) is 40.5 Å². The van der Waals surface area contributed by atoms with Crippen molar-refractivity contribution in [3.63, 3.8) is 0 Å². The summed E-state index contributed by atoms with van der Waals surface area (Å²) in [6.07, 6.45) is -0.0934. The van der Waals surface area contributed by atoms with Crippen molar-refractivity contribution in [3.8, 4) is 11.1 Å². The number of hydrogen-bond donors (Lipinski definition) is 1. The van der Waals surface area contributed by atoms with Crippen LogP contribution in [0.4, 0.5) is 4.39 Å². The summed E-state index contributed by atoms with van der Waals surface area (Å²) in [4.78, 5) is 14.2. The molecule has 4 aromatic rings. The maximum absolute atomic E-state index is 14.8. The molecular weight excluding hydrogens is 425 g/mol. The third-order valence-electron chi connectivity index (χ3n) is 6.22. The molecule has 0 saturated heterocycles. The van der Waals surface area contributed by atoms with Crippen LogP contribution in [0, 0.1) is 5.82 Å². The number of rotatable bonds is 9. The van der Waals surface area contributed by atoms with Gasteiger partial charge in [-0.3, -0.25) is 9.69 Å². The molecule has 0 aliphatic rings. The van der Waals surface area contributed by atoms with Gasteiger partial charge in [-0.25, -0.2) is 4.39 Å². The fourth-order valence-corrected chi connectivity index (χ4v) is 4.42. The number of benzene rings is 4. The highest BCUT2D eigenvalue weighted by molar-refractivity contribution is 5.69. The zero-order valence-electron chi connectivity index (χ0n) is 19.1. The molecular formula is C30H28FNO2. The Kier molecular flexibility index (Phi) is 7.51. The van der Waals surface area contributed by atoms with E-state index in [1.54, 1.807) is 12.1 Å². The summed E-state index contributed by atoms with van der Waals surface area (Å²) < 4.78 is 14.8. The molecule has 0 aromatic heterocycles. The van der Waals surface area contributed by atoms with Gasteiger partial charge < -0.3 is 5.11 Å². The Hall–Kier alpha value is -3.76. The SMILES string of the molecule is CC(c1ccccc1)N(Cc1ccccc1)C(CC(=O)O)c1ccc(F)c(-c2ccccc2)c1. The number of hydrogen-bond acceptors (Lipinski definition) is 2. The fourth-order valence-electron chi connectivity index (χ4n) is 4.42. The molecule has 0 aliphatic carbocycles. The first-order valence-corrected chi connectivity index (χ1v) is 11.4. The van der Waals surface area contributed by atoms with Crippen molar-refractivity contribution in [1.82, 2.24) is 4.90 Å². The van der Waals surface area contributed by atoms with Crippen LogP contribution < -0.4 is 0 Å². The summed E-state index contributed by atoms with van der Waals surface area (Å²) in [5, 5.41) is 9.85. The van der Waals surface area contributed by atoms with Crippen molar-refractivity contribution >= 4 is 5.97 Å². The van der Waals surface area contributed by atoms with Crippen molar-refractivity contribution < 1.29 is 14.3 Å². The quantitative estimate of drug-likeness (QED) is 0.290. The Morgan fingerprint density at radius 3 is 2.03 bits per heavy atom. The summed E-state index contributed by atoms with van der Waals surface area (Å²) in [6, 6.07) is 33.9. The van der Waals surface area contributed by atoms with Crippen LogP contribution in [0.25, 0.3) is 11.1 Å². The average molecular weight is 454 g/mol. The van der Waals surface area contributed by atoms with E-state index in [0.29, 0.717) is 12.1 Å². The van der Waals surface area contributed by atoms with Gasteiger partial charge in [-0.2, -0.15) is 0 Å². The van der Waals surface area contributed by atoms with E-state index in [0.717, 1.165) is 22.3 Å². The van der Waals surface area contributed by atoms with Gasteiger partial charge in [0.15, 0.2) is 0 Å². The van der Waals surface area contributed by atoms with E-state index in [9.17, 15) is 14.3 Å². The van der Waals surface area contributed by atoms with E-state index in [1.807, 2.05) is 78.9 Å². The van der Waals surface area contributed by atoms with Crippen LogP contribution >= 0.6 is 0 Å². The van der Waals surface area contributed by atoms with Crippen molar-refractivity contribution in [2.45, 2.75) is 32.0 Å². The molecule has 0 fully saturated rings. The van der Waals surface area contributed by atoms with E-state index in [2.05, 4.69) is 24.0 Å². The molecule has 34 heavy (non-hydrogen) atoms. The van der Waals surface area contributed by atoms with Crippen LogP contribution in [0.2, 0.25) is 0 Å². The smallest absolute Gasteiger partial charge is 0.305 e. The molecule has 2 atom stereocenters. The second-order valence-electron chi connectivity index (χ2n) is 8.46. The fraction of sp³-hybridized carbons (Fsp3) is 0.167. The summed E-state index contributed by atoms with van der Waals surface area (Å²) in [6.45, 7) is 2.65. The van der Waals surface area contributed by atoms with E-state index in [-0.39, 0.29) is 18.3 Å². The van der Waals surface area contributed by atoms with Crippen LogP contribution in [-0.2, 0) is 11.3 Å². The molecule has 172 valence electrons. The zero-order valence-corrected chi connectivity index (χ0v) is 19.1. The molecule has 4 heteroatoms. The molecule has 0 radical (unpaired) electrons. The van der Waals surface area contributed by atoms with Gasteiger partial charge in [-0.15, -0.1) is 0 Å². The number of halogens is 1. The number of carbonyl (C=O) groups is 1. The molecule has 0 amide bonds. The lowest BCUT2D eigenvalue weighted by atomic mass is 9.93. The lowest BCUT2D eigenvalue weighted by molar-refractivity contribution is -0.138. The summed E-state index contributed by atoms with van der Waals surface area (Å²) >= 11 is 0. The Morgan fingerprint density at radius 1 is 0.824 bits per heavy atom. The number of carboxylic acid groups (broad SMARTS) is 1. The summed E-state index contributed by atoms with van der Waals surface area (Å²) in [5.41, 5.74) is 4.20. The van der Waals surface area contributed by atoms with Gasteiger partial charge in [0.25, 0.3) is 0 Å². The maximum Gasteiger partial charge on any atom is 0.305 e. The van der Waals surface area contributed by atoms with Crippen LogP contribution in [0.1, 0.15) is 42.1 Å².